The number of nitrogens with zero attached hydrogens (tertiary/aromatic N) is 2. The average molecular weight is 494 g/mol. The molecule has 1 aliphatic rings. The fourth-order valence-corrected chi connectivity index (χ4v) is 5.73. The standard InChI is InChI=1S/C22H27N3O6S2/c1-18(23-33(29,30)21-10-8-20(31-2)9-11-21)22(26)24-13-15-25(16-14-24)32(27,28)17-12-19-6-4-3-5-7-19/h3-12,17-18,23H,13-16H2,1-2H3/b17-12+/t18-/m0/s1. The Morgan fingerprint density at radius 2 is 1.58 bits per heavy atom. The summed E-state index contributed by atoms with van der Waals surface area (Å²) < 4.78 is 59.1. The Balaban J connectivity index is 1.57. The van der Waals surface area contributed by atoms with Crippen molar-refractivity contribution in [3.63, 3.8) is 0 Å². The number of sulfonamides is 2. The van der Waals surface area contributed by atoms with Crippen LogP contribution >= 0.6 is 0 Å². The van der Waals surface area contributed by atoms with Crippen LogP contribution < -0.4 is 9.46 Å². The first-order chi connectivity index (χ1) is 15.6. The van der Waals surface area contributed by atoms with Crippen LogP contribution in [0.15, 0.2) is 64.9 Å². The number of ether oxygens (including phenoxy) is 1. The maximum atomic E-state index is 12.8. The van der Waals surface area contributed by atoms with Crippen LogP contribution in [0.1, 0.15) is 12.5 Å². The molecule has 1 aliphatic heterocycles. The van der Waals surface area contributed by atoms with Gasteiger partial charge in [-0.05, 0) is 42.8 Å². The monoisotopic (exact) mass is 493 g/mol. The van der Waals surface area contributed by atoms with Gasteiger partial charge >= 0.3 is 0 Å². The van der Waals surface area contributed by atoms with Gasteiger partial charge in [0.05, 0.1) is 18.0 Å². The van der Waals surface area contributed by atoms with Gasteiger partial charge in [0, 0.05) is 31.6 Å². The van der Waals surface area contributed by atoms with Crippen molar-refractivity contribution >= 4 is 32.0 Å². The second-order valence-electron chi connectivity index (χ2n) is 7.50. The molecular formula is C22H27N3O6S2. The molecule has 33 heavy (non-hydrogen) atoms. The van der Waals surface area contributed by atoms with Crippen molar-refractivity contribution < 1.29 is 26.4 Å². The molecule has 2 aromatic rings. The number of benzene rings is 2. The number of rotatable bonds is 8. The molecule has 0 spiro atoms. The van der Waals surface area contributed by atoms with Gasteiger partial charge in [-0.2, -0.15) is 9.03 Å². The minimum absolute atomic E-state index is 0.0177. The number of nitrogens with one attached hydrogen (secondary N) is 1. The van der Waals surface area contributed by atoms with Crippen LogP contribution in [0.3, 0.4) is 0 Å². The van der Waals surface area contributed by atoms with E-state index in [1.165, 1.54) is 53.6 Å². The maximum Gasteiger partial charge on any atom is 0.241 e. The molecule has 3 rings (SSSR count). The Hall–Kier alpha value is -2.73. The Morgan fingerprint density at radius 1 is 0.970 bits per heavy atom. The first-order valence-corrected chi connectivity index (χ1v) is 13.3. The van der Waals surface area contributed by atoms with Crippen LogP contribution in [0.25, 0.3) is 6.08 Å². The summed E-state index contributed by atoms with van der Waals surface area (Å²) in [7, 11) is -6.05. The van der Waals surface area contributed by atoms with E-state index in [9.17, 15) is 21.6 Å². The van der Waals surface area contributed by atoms with Crippen molar-refractivity contribution in [3.8, 4) is 5.75 Å². The third-order valence-corrected chi connectivity index (χ3v) is 8.34. The van der Waals surface area contributed by atoms with Crippen LogP contribution in [0.2, 0.25) is 0 Å². The zero-order valence-electron chi connectivity index (χ0n) is 18.4. The van der Waals surface area contributed by atoms with E-state index in [4.69, 9.17) is 4.74 Å². The van der Waals surface area contributed by atoms with Gasteiger partial charge in [0.25, 0.3) is 0 Å². The van der Waals surface area contributed by atoms with E-state index in [1.54, 1.807) is 12.1 Å². The summed E-state index contributed by atoms with van der Waals surface area (Å²) in [5, 5.41) is 1.16. The average Bonchev–Trinajstić information content (AvgIpc) is 2.83. The van der Waals surface area contributed by atoms with E-state index in [-0.39, 0.29) is 31.1 Å². The molecule has 0 radical (unpaired) electrons. The zero-order valence-corrected chi connectivity index (χ0v) is 20.1. The lowest BCUT2D eigenvalue weighted by atomic mass is 10.2. The van der Waals surface area contributed by atoms with E-state index in [0.717, 1.165) is 11.0 Å². The Morgan fingerprint density at radius 3 is 2.15 bits per heavy atom. The number of amides is 1. The molecule has 0 bridgehead atoms. The fourth-order valence-electron chi connectivity index (χ4n) is 3.36. The summed E-state index contributed by atoms with van der Waals surface area (Å²) in [5.41, 5.74) is 0.771. The highest BCUT2D eigenvalue weighted by Gasteiger charge is 2.31. The van der Waals surface area contributed by atoms with E-state index in [0.29, 0.717) is 5.75 Å². The number of carbonyl (C=O) groups is 1. The van der Waals surface area contributed by atoms with Crippen LogP contribution in [0.4, 0.5) is 0 Å². The largest absolute Gasteiger partial charge is 0.497 e. The Bertz CT molecular complexity index is 1190. The molecule has 1 fully saturated rings. The summed E-state index contributed by atoms with van der Waals surface area (Å²) in [6, 6.07) is 13.9. The minimum Gasteiger partial charge on any atom is -0.497 e. The number of hydrogen-bond acceptors (Lipinski definition) is 6. The minimum atomic E-state index is -3.90. The lowest BCUT2D eigenvalue weighted by Crippen LogP contribution is -2.54. The molecule has 0 saturated carbocycles. The smallest absolute Gasteiger partial charge is 0.241 e. The molecule has 2 aromatic carbocycles. The van der Waals surface area contributed by atoms with Crippen molar-refractivity contribution in [1.29, 1.82) is 0 Å². The number of hydrogen-bond donors (Lipinski definition) is 1. The lowest BCUT2D eigenvalue weighted by Gasteiger charge is -2.34. The molecule has 9 nitrogen and oxygen atoms in total. The molecule has 178 valence electrons. The molecule has 0 aliphatic carbocycles. The van der Waals surface area contributed by atoms with Gasteiger partial charge in [0.15, 0.2) is 0 Å². The maximum absolute atomic E-state index is 12.8. The summed E-state index contributed by atoms with van der Waals surface area (Å²) >= 11 is 0. The summed E-state index contributed by atoms with van der Waals surface area (Å²) in [6.07, 6.45) is 1.53. The Kier molecular flexibility index (Phi) is 7.90. The molecule has 1 N–H and O–H groups in total. The van der Waals surface area contributed by atoms with Gasteiger partial charge in [-0.25, -0.2) is 16.8 Å². The molecule has 1 atom stereocenters. The molecular weight excluding hydrogens is 466 g/mol. The van der Waals surface area contributed by atoms with Crippen molar-refractivity contribution in [3.05, 3.63) is 65.6 Å². The van der Waals surface area contributed by atoms with Crippen LogP contribution in [-0.2, 0) is 24.8 Å². The predicted octanol–water partition coefficient (Wildman–Crippen LogP) is 1.51. The van der Waals surface area contributed by atoms with Gasteiger partial charge in [-0.15, -0.1) is 0 Å². The SMILES string of the molecule is COc1ccc(S(=O)(=O)N[C@@H](C)C(=O)N2CCN(S(=O)(=O)/C=C/c3ccccc3)CC2)cc1. The summed E-state index contributed by atoms with van der Waals surface area (Å²) in [5.74, 6) is 0.105. The van der Waals surface area contributed by atoms with Gasteiger partial charge in [0.2, 0.25) is 26.0 Å². The predicted molar refractivity (Wildman–Crippen MR) is 125 cm³/mol. The molecule has 1 saturated heterocycles. The van der Waals surface area contributed by atoms with E-state index in [1.807, 2.05) is 18.2 Å². The lowest BCUT2D eigenvalue weighted by molar-refractivity contribution is -0.133. The molecule has 0 aromatic heterocycles. The molecule has 1 amide bonds. The molecule has 1 heterocycles. The third-order valence-electron chi connectivity index (χ3n) is 5.21. The van der Waals surface area contributed by atoms with E-state index in [2.05, 4.69) is 4.72 Å². The van der Waals surface area contributed by atoms with Crippen molar-refractivity contribution in [2.45, 2.75) is 17.9 Å². The van der Waals surface area contributed by atoms with Crippen LogP contribution in [0, 0.1) is 0 Å². The van der Waals surface area contributed by atoms with E-state index < -0.39 is 32.0 Å². The number of methoxy groups -OCH3 is 1. The number of carbonyl (C=O) groups excluding carboxylic acids is 1. The molecule has 11 heteroatoms. The van der Waals surface area contributed by atoms with Crippen molar-refractivity contribution in [2.24, 2.45) is 0 Å². The highest BCUT2D eigenvalue weighted by atomic mass is 32.2. The Labute approximate surface area is 194 Å². The third kappa shape index (κ3) is 6.41. The first kappa shape index (κ1) is 24.9. The van der Waals surface area contributed by atoms with E-state index >= 15 is 0 Å². The number of piperazine rings is 1. The second kappa shape index (κ2) is 10.5. The van der Waals surface area contributed by atoms with Gasteiger partial charge in [-0.3, -0.25) is 4.79 Å². The second-order valence-corrected chi connectivity index (χ2v) is 11.0. The highest BCUT2D eigenvalue weighted by Crippen LogP contribution is 2.17. The van der Waals surface area contributed by atoms with Crippen molar-refractivity contribution in [1.82, 2.24) is 13.9 Å². The zero-order chi connectivity index (χ0) is 24.1. The topological polar surface area (TPSA) is 113 Å². The van der Waals surface area contributed by atoms with Gasteiger partial charge < -0.3 is 9.64 Å². The summed E-state index contributed by atoms with van der Waals surface area (Å²) in [6.45, 7) is 2.07. The van der Waals surface area contributed by atoms with Gasteiger partial charge in [0.1, 0.15) is 5.75 Å². The fraction of sp³-hybridized carbons (Fsp3) is 0.318. The summed E-state index contributed by atoms with van der Waals surface area (Å²) in [4.78, 5) is 14.3. The normalized spacial score (nSPS) is 16.6. The molecule has 0 unspecified atom stereocenters. The quantitative estimate of drug-likeness (QED) is 0.596. The van der Waals surface area contributed by atoms with Gasteiger partial charge in [-0.1, -0.05) is 30.3 Å². The van der Waals surface area contributed by atoms with Crippen molar-refractivity contribution in [2.75, 3.05) is 33.3 Å². The highest BCUT2D eigenvalue weighted by molar-refractivity contribution is 7.92. The first-order valence-electron chi connectivity index (χ1n) is 10.3. The van der Waals surface area contributed by atoms with Crippen LogP contribution in [0.5, 0.6) is 5.75 Å². The van der Waals surface area contributed by atoms with Crippen LogP contribution in [-0.4, -0.2) is 71.3 Å².